The van der Waals surface area contributed by atoms with Crippen LogP contribution >= 0.6 is 11.6 Å². The summed E-state index contributed by atoms with van der Waals surface area (Å²) in [7, 11) is 0. The zero-order valence-corrected chi connectivity index (χ0v) is 9.27. The van der Waals surface area contributed by atoms with Gasteiger partial charge >= 0.3 is 0 Å². The molecule has 1 aromatic carbocycles. The second-order valence-electron chi connectivity index (χ2n) is 4.03. The van der Waals surface area contributed by atoms with Crippen LogP contribution in [0.2, 0.25) is 5.02 Å². The number of benzene rings is 1. The summed E-state index contributed by atoms with van der Waals surface area (Å²) in [5, 5.41) is 0.373. The lowest BCUT2D eigenvalue weighted by Crippen LogP contribution is -2.23. The van der Waals surface area contributed by atoms with Gasteiger partial charge in [-0.1, -0.05) is 18.0 Å². The van der Waals surface area contributed by atoms with Crippen LogP contribution in [-0.4, -0.2) is 5.78 Å². The van der Waals surface area contributed by atoms with E-state index < -0.39 is 5.82 Å². The van der Waals surface area contributed by atoms with E-state index >= 15 is 0 Å². The first-order chi connectivity index (χ1) is 7.11. The first kappa shape index (κ1) is 10.6. The minimum Gasteiger partial charge on any atom is -0.294 e. The third-order valence-corrected chi connectivity index (χ3v) is 3.47. The Balaban J connectivity index is 2.35. The predicted octanol–water partition coefficient (Wildman–Crippen LogP) is 3.77. The molecular weight excluding hydrogens is 215 g/mol. The van der Waals surface area contributed by atoms with Crippen molar-refractivity contribution in [2.45, 2.75) is 26.2 Å². The largest absolute Gasteiger partial charge is 0.294 e. The first-order valence-corrected chi connectivity index (χ1v) is 5.48. The fraction of sp³-hybridized carbons (Fsp3) is 0.417. The molecule has 0 atom stereocenters. The molecule has 1 fully saturated rings. The van der Waals surface area contributed by atoms with Crippen LogP contribution in [0.25, 0.3) is 0 Å². The summed E-state index contributed by atoms with van der Waals surface area (Å²) in [6.07, 6.45) is 2.85. The standard InChI is InChI=1S/C12H12ClFO/c1-7-10(13)6-5-9(11(7)14)12(15)8-3-2-4-8/h5-6,8H,2-4H2,1H3. The zero-order valence-electron chi connectivity index (χ0n) is 8.52. The Hall–Kier alpha value is -0.890. The molecule has 3 heteroatoms. The highest BCUT2D eigenvalue weighted by Gasteiger charge is 2.28. The van der Waals surface area contributed by atoms with Crippen LogP contribution in [0.1, 0.15) is 35.2 Å². The maximum absolute atomic E-state index is 13.7. The van der Waals surface area contributed by atoms with E-state index in [4.69, 9.17) is 11.6 Å². The van der Waals surface area contributed by atoms with Gasteiger partial charge in [0, 0.05) is 16.5 Å². The van der Waals surface area contributed by atoms with E-state index in [1.165, 1.54) is 6.07 Å². The van der Waals surface area contributed by atoms with E-state index in [2.05, 4.69) is 0 Å². The highest BCUT2D eigenvalue weighted by Crippen LogP contribution is 2.32. The van der Waals surface area contributed by atoms with Crippen molar-refractivity contribution < 1.29 is 9.18 Å². The van der Waals surface area contributed by atoms with Crippen LogP contribution in [0.15, 0.2) is 12.1 Å². The van der Waals surface area contributed by atoms with E-state index in [-0.39, 0.29) is 17.3 Å². The van der Waals surface area contributed by atoms with Gasteiger partial charge in [0.05, 0.1) is 5.56 Å². The van der Waals surface area contributed by atoms with Crippen molar-refractivity contribution in [3.05, 3.63) is 34.1 Å². The molecule has 0 heterocycles. The van der Waals surface area contributed by atoms with Crippen LogP contribution in [0.5, 0.6) is 0 Å². The van der Waals surface area contributed by atoms with Gasteiger partial charge in [-0.3, -0.25) is 4.79 Å². The smallest absolute Gasteiger partial charge is 0.168 e. The molecule has 0 aliphatic heterocycles. The molecule has 15 heavy (non-hydrogen) atoms. The predicted molar refractivity (Wildman–Crippen MR) is 57.8 cm³/mol. The van der Waals surface area contributed by atoms with Crippen molar-refractivity contribution in [3.8, 4) is 0 Å². The molecule has 0 bridgehead atoms. The maximum atomic E-state index is 13.7. The Morgan fingerprint density at radius 2 is 2.13 bits per heavy atom. The van der Waals surface area contributed by atoms with Gasteiger partial charge in [0.25, 0.3) is 0 Å². The maximum Gasteiger partial charge on any atom is 0.168 e. The Kier molecular flexibility index (Phi) is 2.79. The average Bonchev–Trinajstić information content (AvgIpc) is 2.11. The molecule has 1 nitrogen and oxygen atoms in total. The number of Topliss-reactive ketones (excluding diaryl/α,β-unsaturated/α-hetero) is 1. The third kappa shape index (κ3) is 1.78. The summed E-state index contributed by atoms with van der Waals surface area (Å²) in [5.41, 5.74) is 0.559. The van der Waals surface area contributed by atoms with Crippen molar-refractivity contribution in [2.75, 3.05) is 0 Å². The molecule has 0 aromatic heterocycles. The minimum absolute atomic E-state index is 0.0278. The fourth-order valence-electron chi connectivity index (χ4n) is 1.74. The summed E-state index contributed by atoms with van der Waals surface area (Å²) in [5.74, 6) is -0.502. The molecule has 0 N–H and O–H groups in total. The van der Waals surface area contributed by atoms with E-state index in [0.29, 0.717) is 10.6 Å². The van der Waals surface area contributed by atoms with Crippen LogP contribution in [-0.2, 0) is 0 Å². The molecule has 2 rings (SSSR count). The van der Waals surface area contributed by atoms with Gasteiger partial charge < -0.3 is 0 Å². The lowest BCUT2D eigenvalue weighted by molar-refractivity contribution is 0.0850. The van der Waals surface area contributed by atoms with Crippen molar-refractivity contribution in [3.63, 3.8) is 0 Å². The Morgan fingerprint density at radius 3 is 2.67 bits per heavy atom. The summed E-state index contributed by atoms with van der Waals surface area (Å²) < 4.78 is 13.7. The van der Waals surface area contributed by atoms with Crippen molar-refractivity contribution in [1.29, 1.82) is 0 Å². The highest BCUT2D eigenvalue weighted by molar-refractivity contribution is 6.31. The highest BCUT2D eigenvalue weighted by atomic mass is 35.5. The molecule has 1 aliphatic rings. The Labute approximate surface area is 93.2 Å². The molecule has 0 radical (unpaired) electrons. The number of halogens is 2. The van der Waals surface area contributed by atoms with Gasteiger partial charge in [0.1, 0.15) is 5.82 Å². The van der Waals surface area contributed by atoms with Crippen LogP contribution in [0, 0.1) is 18.7 Å². The van der Waals surface area contributed by atoms with Gasteiger partial charge in [-0.2, -0.15) is 0 Å². The quantitative estimate of drug-likeness (QED) is 0.702. The van der Waals surface area contributed by atoms with E-state index in [9.17, 15) is 9.18 Å². The number of rotatable bonds is 2. The van der Waals surface area contributed by atoms with E-state index in [1.54, 1.807) is 13.0 Å². The monoisotopic (exact) mass is 226 g/mol. The molecule has 1 aliphatic carbocycles. The van der Waals surface area contributed by atoms with Crippen LogP contribution in [0.4, 0.5) is 4.39 Å². The summed E-state index contributed by atoms with van der Waals surface area (Å²) in [6, 6.07) is 3.08. The van der Waals surface area contributed by atoms with E-state index in [1.807, 2.05) is 0 Å². The molecular formula is C12H12ClFO. The third-order valence-electron chi connectivity index (χ3n) is 3.06. The number of carbonyl (C=O) groups excluding carboxylic acids is 1. The van der Waals surface area contributed by atoms with Gasteiger partial charge in [-0.05, 0) is 31.9 Å². The normalized spacial score (nSPS) is 16.2. The molecule has 0 unspecified atom stereocenters. The van der Waals surface area contributed by atoms with Crippen LogP contribution < -0.4 is 0 Å². The van der Waals surface area contributed by atoms with Crippen molar-refractivity contribution >= 4 is 17.4 Å². The van der Waals surface area contributed by atoms with Gasteiger partial charge in [0.2, 0.25) is 0 Å². The van der Waals surface area contributed by atoms with Crippen molar-refractivity contribution in [2.24, 2.45) is 5.92 Å². The van der Waals surface area contributed by atoms with E-state index in [0.717, 1.165) is 19.3 Å². The summed E-state index contributed by atoms with van der Waals surface area (Å²) >= 11 is 5.77. The number of ketones is 1. The molecule has 1 aromatic rings. The van der Waals surface area contributed by atoms with Gasteiger partial charge in [-0.15, -0.1) is 0 Å². The molecule has 80 valence electrons. The first-order valence-electron chi connectivity index (χ1n) is 5.10. The molecule has 1 saturated carbocycles. The topological polar surface area (TPSA) is 17.1 Å². The van der Waals surface area contributed by atoms with Crippen LogP contribution in [0.3, 0.4) is 0 Å². The zero-order chi connectivity index (χ0) is 11.0. The molecule has 0 amide bonds. The lowest BCUT2D eigenvalue weighted by atomic mass is 9.79. The Morgan fingerprint density at radius 1 is 1.47 bits per heavy atom. The average molecular weight is 227 g/mol. The Bertz CT molecular complexity index is 410. The number of hydrogen-bond acceptors (Lipinski definition) is 1. The summed E-state index contributed by atoms with van der Waals surface area (Å²) in [6.45, 7) is 1.59. The van der Waals surface area contributed by atoms with Crippen molar-refractivity contribution in [1.82, 2.24) is 0 Å². The second-order valence-corrected chi connectivity index (χ2v) is 4.43. The number of hydrogen-bond donors (Lipinski definition) is 0. The summed E-state index contributed by atoms with van der Waals surface area (Å²) in [4.78, 5) is 11.8. The van der Waals surface area contributed by atoms with Gasteiger partial charge in [-0.25, -0.2) is 4.39 Å². The molecule has 0 saturated heterocycles. The van der Waals surface area contributed by atoms with Gasteiger partial charge in [0.15, 0.2) is 5.78 Å². The minimum atomic E-state index is -0.459. The lowest BCUT2D eigenvalue weighted by Gasteiger charge is -2.24. The second kappa shape index (κ2) is 3.93. The number of carbonyl (C=O) groups is 1. The molecule has 0 spiro atoms. The fourth-order valence-corrected chi connectivity index (χ4v) is 1.89. The SMILES string of the molecule is Cc1c(Cl)ccc(C(=O)C2CCC2)c1F.